The van der Waals surface area contributed by atoms with Crippen molar-refractivity contribution >= 4 is 34.5 Å². The molecule has 3 aromatic rings. The number of nitrogens with two attached hydrogens (primary N) is 1. The number of nitrogens with zero attached hydrogens (tertiary/aromatic N) is 1. The molecule has 0 radical (unpaired) electrons. The minimum absolute atomic E-state index is 0.188. The number of aldehydes is 1. The Hall–Kier alpha value is -4.84. The zero-order chi connectivity index (χ0) is 32.0. The molecule has 0 aliphatic heterocycles. The number of carbonyl (C=O) groups excluding carboxylic acids is 4. The van der Waals surface area contributed by atoms with E-state index in [1.807, 2.05) is 0 Å². The highest BCUT2D eigenvalue weighted by molar-refractivity contribution is 6.25. The van der Waals surface area contributed by atoms with Crippen molar-refractivity contribution in [1.82, 2.24) is 4.90 Å². The van der Waals surface area contributed by atoms with Crippen LogP contribution in [0.15, 0.2) is 71.2 Å². The van der Waals surface area contributed by atoms with Gasteiger partial charge in [-0.3, -0.25) is 24.1 Å². The first-order chi connectivity index (χ1) is 20.8. The Balaban J connectivity index is 1.59. The molecule has 0 unspecified atom stereocenters. The zero-order valence-corrected chi connectivity index (χ0v) is 24.0. The number of aliphatic hydroxyl groups is 4. The number of primary amides is 1. The maximum atomic E-state index is 14.2. The molecule has 0 spiro atoms. The average Bonchev–Trinajstić information content (AvgIpc) is 2.98. The van der Waals surface area contributed by atoms with Gasteiger partial charge < -0.3 is 31.3 Å². The summed E-state index contributed by atoms with van der Waals surface area (Å²) in [6, 6.07) is 12.2. The van der Waals surface area contributed by atoms with E-state index in [1.54, 1.807) is 55.5 Å². The van der Waals surface area contributed by atoms with Crippen LogP contribution in [0.25, 0.3) is 21.9 Å². The van der Waals surface area contributed by atoms with E-state index in [0.29, 0.717) is 27.5 Å². The number of phenols is 1. The Morgan fingerprint density at radius 3 is 2.23 bits per heavy atom. The Bertz CT molecular complexity index is 1890. The highest BCUT2D eigenvalue weighted by Gasteiger charge is 2.67. The standard InChI is InChI=1S/C33H30N2O9/c1-13-15-10-11-19(18-9-8-14(12-36)16-6-4-5-7-17(16)18)26(37)21(15)27(38)22-20(13)28(39)24-25(35(2)3)29(40)23(32(34)43)31(42)33(24,44)30(22)41/h4-13,20,24-25,28,37,39-41,44H,1-3H3,(H2,34,43)/t13-,20+,24+,25-,28-,33-/m1/s1. The van der Waals surface area contributed by atoms with Gasteiger partial charge in [-0.05, 0) is 41.9 Å². The van der Waals surface area contributed by atoms with Crippen LogP contribution >= 0.6 is 0 Å². The molecule has 11 nitrogen and oxygen atoms in total. The lowest BCUT2D eigenvalue weighted by Gasteiger charge is -2.53. The molecular weight excluding hydrogens is 568 g/mol. The first kappa shape index (κ1) is 29.2. The fourth-order valence-electron chi connectivity index (χ4n) is 7.50. The fourth-order valence-corrected chi connectivity index (χ4v) is 7.50. The highest BCUT2D eigenvalue weighted by Crippen LogP contribution is 2.56. The summed E-state index contributed by atoms with van der Waals surface area (Å²) in [6.07, 6.45) is -0.954. The molecule has 226 valence electrons. The van der Waals surface area contributed by atoms with E-state index in [1.165, 1.54) is 19.0 Å². The number of rotatable bonds is 4. The number of likely N-dealkylation sites (N-methyl/N-ethyl adjacent to an activating group) is 1. The minimum Gasteiger partial charge on any atom is -0.510 e. The second-order valence-electron chi connectivity index (χ2n) is 11.8. The maximum Gasteiger partial charge on any atom is 0.255 e. The van der Waals surface area contributed by atoms with Crippen LogP contribution in [0.2, 0.25) is 0 Å². The van der Waals surface area contributed by atoms with E-state index in [-0.39, 0.29) is 11.1 Å². The van der Waals surface area contributed by atoms with Gasteiger partial charge in [0.1, 0.15) is 22.8 Å². The van der Waals surface area contributed by atoms with Crippen molar-refractivity contribution in [2.45, 2.75) is 30.6 Å². The highest BCUT2D eigenvalue weighted by atomic mass is 16.4. The Morgan fingerprint density at radius 2 is 1.61 bits per heavy atom. The summed E-state index contributed by atoms with van der Waals surface area (Å²) in [5.74, 6) is -9.46. The molecule has 0 heterocycles. The predicted octanol–water partition coefficient (Wildman–Crippen LogP) is 2.29. The number of fused-ring (bicyclic) bond motifs is 4. The van der Waals surface area contributed by atoms with Crippen LogP contribution in [-0.2, 0) is 9.59 Å². The largest absolute Gasteiger partial charge is 0.510 e. The molecule has 3 aliphatic carbocycles. The SMILES string of the molecule is C[C@@H]1c2ccc(-c3ccc(C=O)c4ccccc34)c(O)c2C(=O)C2=C(O)[C@@]3(O)C(=O)C(C(N)=O)=C(O)[C@H](N(C)C)[C@H]3[C@H](O)[C@H]21. The van der Waals surface area contributed by atoms with Gasteiger partial charge in [-0.15, -0.1) is 0 Å². The summed E-state index contributed by atoms with van der Waals surface area (Å²) < 4.78 is 0. The lowest BCUT2D eigenvalue weighted by Crippen LogP contribution is -2.68. The molecule has 6 rings (SSSR count). The van der Waals surface area contributed by atoms with Crippen LogP contribution in [0, 0.1) is 11.8 Å². The van der Waals surface area contributed by atoms with Gasteiger partial charge in [-0.2, -0.15) is 0 Å². The third kappa shape index (κ3) is 3.60. The van der Waals surface area contributed by atoms with Gasteiger partial charge in [0.25, 0.3) is 5.91 Å². The summed E-state index contributed by atoms with van der Waals surface area (Å²) in [5, 5.41) is 59.1. The van der Waals surface area contributed by atoms with Gasteiger partial charge in [0.2, 0.25) is 5.78 Å². The smallest absolute Gasteiger partial charge is 0.255 e. The van der Waals surface area contributed by atoms with Crippen molar-refractivity contribution in [3.63, 3.8) is 0 Å². The molecule has 0 aromatic heterocycles. The Morgan fingerprint density at radius 1 is 0.977 bits per heavy atom. The normalized spacial score (nSPS) is 28.2. The van der Waals surface area contributed by atoms with Crippen LogP contribution in [0.1, 0.15) is 39.1 Å². The van der Waals surface area contributed by atoms with Crippen LogP contribution in [0.3, 0.4) is 0 Å². The summed E-state index contributed by atoms with van der Waals surface area (Å²) in [7, 11) is 2.96. The van der Waals surface area contributed by atoms with Crippen LogP contribution in [-0.4, -0.2) is 86.0 Å². The molecule has 0 saturated carbocycles. The summed E-state index contributed by atoms with van der Waals surface area (Å²) >= 11 is 0. The molecule has 7 N–H and O–H groups in total. The summed E-state index contributed by atoms with van der Waals surface area (Å²) in [5.41, 5.74) is 2.35. The van der Waals surface area contributed by atoms with Crippen molar-refractivity contribution in [3.05, 3.63) is 87.9 Å². The molecule has 6 atom stereocenters. The number of carbonyl (C=O) groups is 4. The van der Waals surface area contributed by atoms with Crippen LogP contribution in [0.4, 0.5) is 0 Å². The molecule has 44 heavy (non-hydrogen) atoms. The number of Topliss-reactive ketones (excluding diaryl/α,β-unsaturated/α-hetero) is 2. The lowest BCUT2D eigenvalue weighted by atomic mass is 9.55. The third-order valence-corrected chi connectivity index (χ3v) is 9.51. The molecule has 0 saturated heterocycles. The van der Waals surface area contributed by atoms with Gasteiger partial charge in [0.05, 0.1) is 23.6 Å². The number of hydrogen-bond donors (Lipinski definition) is 6. The molecule has 3 aliphatic rings. The van der Waals surface area contributed by atoms with E-state index < -0.39 is 81.4 Å². The fraction of sp³-hybridized carbons (Fsp3) is 0.273. The number of aliphatic hydroxyl groups excluding tert-OH is 3. The van der Waals surface area contributed by atoms with E-state index >= 15 is 0 Å². The van der Waals surface area contributed by atoms with Gasteiger partial charge in [-0.1, -0.05) is 55.5 Å². The second kappa shape index (κ2) is 9.84. The number of benzene rings is 3. The van der Waals surface area contributed by atoms with Crippen molar-refractivity contribution in [2.24, 2.45) is 17.6 Å². The number of hydrogen-bond acceptors (Lipinski definition) is 10. The van der Waals surface area contributed by atoms with Crippen molar-refractivity contribution in [1.29, 1.82) is 0 Å². The zero-order valence-electron chi connectivity index (χ0n) is 24.0. The van der Waals surface area contributed by atoms with Gasteiger partial charge in [0.15, 0.2) is 17.7 Å². The van der Waals surface area contributed by atoms with E-state index in [9.17, 15) is 44.7 Å². The van der Waals surface area contributed by atoms with Gasteiger partial charge >= 0.3 is 0 Å². The van der Waals surface area contributed by atoms with Crippen molar-refractivity contribution in [2.75, 3.05) is 14.1 Å². The molecule has 1 amide bonds. The van der Waals surface area contributed by atoms with Crippen molar-refractivity contribution in [3.8, 4) is 16.9 Å². The third-order valence-electron chi connectivity index (χ3n) is 9.51. The molecule has 11 heteroatoms. The predicted molar refractivity (Wildman–Crippen MR) is 158 cm³/mol. The number of aromatic hydroxyl groups is 1. The summed E-state index contributed by atoms with van der Waals surface area (Å²) in [4.78, 5) is 53.0. The molecular formula is C33H30N2O9. The molecule has 3 aromatic carbocycles. The number of ketones is 2. The number of phenolic OH excluding ortho intramolecular Hbond substituents is 1. The quantitative estimate of drug-likeness (QED) is 0.191. The molecule has 0 bridgehead atoms. The molecule has 0 fully saturated rings. The van der Waals surface area contributed by atoms with E-state index in [2.05, 4.69) is 0 Å². The summed E-state index contributed by atoms with van der Waals surface area (Å²) in [6.45, 7) is 1.67. The Labute approximate surface area is 251 Å². The maximum absolute atomic E-state index is 14.2. The monoisotopic (exact) mass is 598 g/mol. The van der Waals surface area contributed by atoms with E-state index in [4.69, 9.17) is 5.73 Å². The first-order valence-electron chi connectivity index (χ1n) is 13.9. The van der Waals surface area contributed by atoms with E-state index in [0.717, 1.165) is 6.29 Å². The van der Waals surface area contributed by atoms with Crippen LogP contribution in [0.5, 0.6) is 5.75 Å². The number of amides is 1. The van der Waals surface area contributed by atoms with Gasteiger partial charge in [0, 0.05) is 22.6 Å². The topological polar surface area (TPSA) is 199 Å². The minimum atomic E-state index is -2.99. The second-order valence-corrected chi connectivity index (χ2v) is 11.8. The van der Waals surface area contributed by atoms with Crippen LogP contribution < -0.4 is 5.73 Å². The van der Waals surface area contributed by atoms with Gasteiger partial charge in [-0.25, -0.2) is 0 Å². The first-order valence-corrected chi connectivity index (χ1v) is 13.9. The average molecular weight is 599 g/mol. The lowest BCUT2D eigenvalue weighted by molar-refractivity contribution is -0.162. The Kier molecular flexibility index (Phi) is 6.54. The van der Waals surface area contributed by atoms with Crippen molar-refractivity contribution < 1.29 is 44.7 Å².